The van der Waals surface area contributed by atoms with Crippen LogP contribution in [0.3, 0.4) is 0 Å². The fourth-order valence-electron chi connectivity index (χ4n) is 3.47. The van der Waals surface area contributed by atoms with E-state index >= 15 is 0 Å². The molecule has 3 aromatic rings. The van der Waals surface area contributed by atoms with Crippen LogP contribution in [0.4, 0.5) is 4.39 Å². The number of rotatable bonds is 8. The summed E-state index contributed by atoms with van der Waals surface area (Å²) in [5.74, 6) is 0.0203. The fourth-order valence-corrected chi connectivity index (χ4v) is 6.66. The van der Waals surface area contributed by atoms with Gasteiger partial charge in [0, 0.05) is 18.9 Å². The topological polar surface area (TPSA) is 102 Å². The number of ether oxygens (including phenoxy) is 1. The van der Waals surface area contributed by atoms with E-state index in [-0.39, 0.29) is 15.4 Å². The first-order chi connectivity index (χ1) is 15.5. The highest BCUT2D eigenvalue weighted by atomic mass is 32.2. The standard InChI is InChI=1S/C23H25FN2O5S2/c1-15-10-19(7-8-20(15)24)32(27,28)23(18-6-5-9-25-13-18)14-26-33(29,30)22-12-16(2)21(31-4)11-17(22)3/h5-13,23,26H,14H2,1-4H3/t23-/m0/s1. The van der Waals surface area contributed by atoms with Crippen molar-refractivity contribution in [2.75, 3.05) is 13.7 Å². The van der Waals surface area contributed by atoms with Crippen molar-refractivity contribution in [3.63, 3.8) is 0 Å². The van der Waals surface area contributed by atoms with E-state index in [1.807, 2.05) is 0 Å². The molecule has 0 saturated carbocycles. The highest BCUT2D eigenvalue weighted by molar-refractivity contribution is 7.92. The molecule has 0 radical (unpaired) electrons. The van der Waals surface area contributed by atoms with Gasteiger partial charge in [0.05, 0.1) is 16.9 Å². The van der Waals surface area contributed by atoms with Crippen molar-refractivity contribution in [1.29, 1.82) is 0 Å². The molecule has 2 aromatic carbocycles. The largest absolute Gasteiger partial charge is 0.496 e. The number of hydrogen-bond acceptors (Lipinski definition) is 6. The van der Waals surface area contributed by atoms with Gasteiger partial charge in [-0.05, 0) is 79.4 Å². The van der Waals surface area contributed by atoms with Gasteiger partial charge in [-0.3, -0.25) is 4.98 Å². The molecule has 1 N–H and O–H groups in total. The van der Waals surface area contributed by atoms with E-state index in [4.69, 9.17) is 4.74 Å². The molecule has 0 amide bonds. The summed E-state index contributed by atoms with van der Waals surface area (Å²) in [5, 5.41) is -1.27. The number of halogens is 1. The minimum Gasteiger partial charge on any atom is -0.496 e. The van der Waals surface area contributed by atoms with Crippen molar-refractivity contribution < 1.29 is 26.0 Å². The van der Waals surface area contributed by atoms with Crippen molar-refractivity contribution in [3.05, 3.63) is 82.9 Å². The molecule has 1 aromatic heterocycles. The number of sulfone groups is 1. The number of nitrogens with one attached hydrogen (secondary N) is 1. The number of sulfonamides is 1. The van der Waals surface area contributed by atoms with Crippen LogP contribution >= 0.6 is 0 Å². The van der Waals surface area contributed by atoms with Crippen LogP contribution in [0.25, 0.3) is 0 Å². The van der Waals surface area contributed by atoms with E-state index in [0.29, 0.717) is 22.4 Å². The Hall–Kier alpha value is -2.82. The lowest BCUT2D eigenvalue weighted by Crippen LogP contribution is -2.32. The van der Waals surface area contributed by atoms with Gasteiger partial charge in [-0.2, -0.15) is 0 Å². The van der Waals surface area contributed by atoms with E-state index in [1.165, 1.54) is 44.6 Å². The summed E-state index contributed by atoms with van der Waals surface area (Å²) in [7, 11) is -6.64. The Morgan fingerprint density at radius 3 is 2.33 bits per heavy atom. The van der Waals surface area contributed by atoms with Gasteiger partial charge in [0.2, 0.25) is 10.0 Å². The van der Waals surface area contributed by atoms with Gasteiger partial charge in [0.1, 0.15) is 16.8 Å². The lowest BCUT2D eigenvalue weighted by atomic mass is 10.1. The monoisotopic (exact) mass is 492 g/mol. The number of hydrogen-bond donors (Lipinski definition) is 1. The zero-order valence-electron chi connectivity index (χ0n) is 18.7. The first kappa shape index (κ1) is 24.8. The Kier molecular flexibility index (Phi) is 7.20. The summed E-state index contributed by atoms with van der Waals surface area (Å²) in [6.07, 6.45) is 2.86. The molecule has 7 nitrogen and oxygen atoms in total. The Morgan fingerprint density at radius 2 is 1.73 bits per heavy atom. The molecule has 10 heteroatoms. The van der Waals surface area contributed by atoms with E-state index in [1.54, 1.807) is 32.0 Å². The lowest BCUT2D eigenvalue weighted by Gasteiger charge is -2.20. The number of nitrogens with zero attached hydrogens (tertiary/aromatic N) is 1. The molecule has 3 rings (SSSR count). The van der Waals surface area contributed by atoms with Crippen molar-refractivity contribution in [1.82, 2.24) is 9.71 Å². The van der Waals surface area contributed by atoms with E-state index in [9.17, 15) is 21.2 Å². The third-order valence-corrected chi connectivity index (χ3v) is 8.99. The van der Waals surface area contributed by atoms with Crippen LogP contribution in [0.15, 0.2) is 64.6 Å². The average Bonchev–Trinajstić information content (AvgIpc) is 2.77. The maximum absolute atomic E-state index is 13.7. The average molecular weight is 493 g/mol. The minimum absolute atomic E-state index is 0.0285. The quantitative estimate of drug-likeness (QED) is 0.482. The Bertz CT molecular complexity index is 1380. The van der Waals surface area contributed by atoms with Gasteiger partial charge < -0.3 is 4.74 Å². The molecular weight excluding hydrogens is 467 g/mol. The van der Waals surface area contributed by atoms with Crippen molar-refractivity contribution in [3.8, 4) is 5.75 Å². The van der Waals surface area contributed by atoms with E-state index in [2.05, 4.69) is 9.71 Å². The third kappa shape index (κ3) is 5.23. The Morgan fingerprint density at radius 1 is 1.00 bits per heavy atom. The SMILES string of the molecule is COc1cc(C)c(S(=O)(=O)NC[C@@H](c2cccnc2)S(=O)(=O)c2ccc(F)c(C)c2)cc1C. The zero-order chi connectivity index (χ0) is 24.4. The maximum Gasteiger partial charge on any atom is 0.240 e. The van der Waals surface area contributed by atoms with Crippen LogP contribution in [-0.4, -0.2) is 35.5 Å². The first-order valence-corrected chi connectivity index (χ1v) is 13.0. The summed E-state index contributed by atoms with van der Waals surface area (Å²) in [5.41, 5.74) is 1.57. The highest BCUT2D eigenvalue weighted by Crippen LogP contribution is 2.30. The van der Waals surface area contributed by atoms with Crippen LogP contribution in [0.2, 0.25) is 0 Å². The van der Waals surface area contributed by atoms with E-state index in [0.717, 1.165) is 6.07 Å². The second-order valence-electron chi connectivity index (χ2n) is 7.67. The first-order valence-electron chi connectivity index (χ1n) is 10.0. The van der Waals surface area contributed by atoms with Crippen LogP contribution in [0.5, 0.6) is 5.75 Å². The normalized spacial score (nSPS) is 13.0. The highest BCUT2D eigenvalue weighted by Gasteiger charge is 2.32. The smallest absolute Gasteiger partial charge is 0.240 e. The zero-order valence-corrected chi connectivity index (χ0v) is 20.3. The molecular formula is C23H25FN2O5S2. The van der Waals surface area contributed by atoms with Gasteiger partial charge >= 0.3 is 0 Å². The Labute approximate surface area is 193 Å². The van der Waals surface area contributed by atoms with Crippen LogP contribution in [-0.2, 0) is 19.9 Å². The molecule has 0 spiro atoms. The molecule has 0 aliphatic carbocycles. The molecule has 0 aliphatic rings. The molecule has 0 unspecified atom stereocenters. The lowest BCUT2D eigenvalue weighted by molar-refractivity contribution is 0.411. The number of aryl methyl sites for hydroxylation is 3. The number of pyridine rings is 1. The molecule has 176 valence electrons. The van der Waals surface area contributed by atoms with Crippen LogP contribution in [0, 0.1) is 26.6 Å². The molecule has 33 heavy (non-hydrogen) atoms. The molecule has 1 heterocycles. The van der Waals surface area contributed by atoms with Crippen LogP contribution < -0.4 is 9.46 Å². The van der Waals surface area contributed by atoms with Gasteiger partial charge in [0.25, 0.3) is 0 Å². The number of aromatic nitrogens is 1. The van der Waals surface area contributed by atoms with E-state index < -0.39 is 37.5 Å². The predicted molar refractivity (Wildman–Crippen MR) is 123 cm³/mol. The van der Waals surface area contributed by atoms with Gasteiger partial charge in [-0.1, -0.05) is 6.07 Å². The summed E-state index contributed by atoms with van der Waals surface area (Å²) in [6, 6.07) is 9.71. The van der Waals surface area contributed by atoms with Crippen LogP contribution in [0.1, 0.15) is 27.5 Å². The van der Waals surface area contributed by atoms with Gasteiger partial charge in [-0.15, -0.1) is 0 Å². The van der Waals surface area contributed by atoms with Gasteiger partial charge in [-0.25, -0.2) is 25.9 Å². The minimum atomic E-state index is -4.08. The summed E-state index contributed by atoms with van der Waals surface area (Å²) in [6.45, 7) is 4.38. The number of benzene rings is 2. The molecule has 0 bridgehead atoms. The molecule has 0 saturated heterocycles. The molecule has 1 atom stereocenters. The van der Waals surface area contributed by atoms with Crippen molar-refractivity contribution >= 4 is 19.9 Å². The Balaban J connectivity index is 2.00. The second kappa shape index (κ2) is 9.58. The van der Waals surface area contributed by atoms with Crippen molar-refractivity contribution in [2.45, 2.75) is 35.8 Å². The number of methoxy groups -OCH3 is 1. The summed E-state index contributed by atoms with van der Waals surface area (Å²) in [4.78, 5) is 3.90. The maximum atomic E-state index is 13.7. The fraction of sp³-hybridized carbons (Fsp3) is 0.261. The van der Waals surface area contributed by atoms with Crippen molar-refractivity contribution in [2.24, 2.45) is 0 Å². The molecule has 0 aliphatic heterocycles. The molecule has 0 fully saturated rings. The summed E-state index contributed by atoms with van der Waals surface area (Å²) >= 11 is 0. The summed E-state index contributed by atoms with van der Waals surface area (Å²) < 4.78 is 74.5. The second-order valence-corrected chi connectivity index (χ2v) is 11.5. The van der Waals surface area contributed by atoms with Gasteiger partial charge in [0.15, 0.2) is 9.84 Å². The predicted octanol–water partition coefficient (Wildman–Crippen LogP) is 3.65. The third-order valence-electron chi connectivity index (χ3n) is 5.33.